The van der Waals surface area contributed by atoms with Crippen LogP contribution in [-0.4, -0.2) is 23.8 Å². The van der Waals surface area contributed by atoms with Gasteiger partial charge in [0, 0.05) is 5.69 Å². The van der Waals surface area contributed by atoms with E-state index >= 15 is 0 Å². The Labute approximate surface area is 140 Å². The Hall–Kier alpha value is -2.44. The molecule has 0 atom stereocenters. The zero-order chi connectivity index (χ0) is 18.0. The van der Waals surface area contributed by atoms with Gasteiger partial charge >= 0.3 is 12.3 Å². The maximum absolute atomic E-state index is 12.2. The molecular formula is C14H14ClF3N2O4. The molecule has 132 valence electrons. The van der Waals surface area contributed by atoms with E-state index in [1.54, 1.807) is 5.92 Å². The second-order valence-corrected chi connectivity index (χ2v) is 5.20. The van der Waals surface area contributed by atoms with Crippen molar-refractivity contribution in [1.82, 2.24) is 6.15 Å². The lowest BCUT2D eigenvalue weighted by Crippen LogP contribution is -2.58. The van der Waals surface area contributed by atoms with E-state index in [1.807, 2.05) is 0 Å². The van der Waals surface area contributed by atoms with Crippen molar-refractivity contribution in [3.63, 3.8) is 0 Å². The number of hydrogen-bond acceptors (Lipinski definition) is 4. The highest BCUT2D eigenvalue weighted by atomic mass is 35.5. The Morgan fingerprint density at radius 2 is 1.88 bits per heavy atom. The van der Waals surface area contributed by atoms with Crippen molar-refractivity contribution in [3.8, 4) is 18.1 Å². The van der Waals surface area contributed by atoms with Crippen LogP contribution in [0.2, 0.25) is 5.02 Å². The molecule has 0 aromatic heterocycles. The summed E-state index contributed by atoms with van der Waals surface area (Å²) in [7, 11) is 0. The highest BCUT2D eigenvalue weighted by Crippen LogP contribution is 2.35. The van der Waals surface area contributed by atoms with Crippen molar-refractivity contribution in [2.45, 2.75) is 25.7 Å². The molecule has 4 N–H and O–H groups in total. The van der Waals surface area contributed by atoms with Crippen LogP contribution in [0.25, 0.3) is 0 Å². The number of carboxylic acid groups (broad SMARTS) is 1. The van der Waals surface area contributed by atoms with Crippen LogP contribution in [0.3, 0.4) is 0 Å². The summed E-state index contributed by atoms with van der Waals surface area (Å²) in [6.45, 7) is 2.29. The van der Waals surface area contributed by atoms with E-state index in [9.17, 15) is 27.9 Å². The zero-order valence-corrected chi connectivity index (χ0v) is 13.7. The summed E-state index contributed by atoms with van der Waals surface area (Å²) in [5.41, 5.74) is -1.99. The summed E-state index contributed by atoms with van der Waals surface area (Å²) >= 11 is 5.68. The number of aliphatic carboxylic acids is 1. The highest BCUT2D eigenvalue weighted by Gasteiger charge is 2.35. The number of amides is 1. The van der Waals surface area contributed by atoms with Crippen LogP contribution in [0.5, 0.6) is 5.75 Å². The molecule has 0 heterocycles. The van der Waals surface area contributed by atoms with Gasteiger partial charge in [-0.2, -0.15) is 0 Å². The van der Waals surface area contributed by atoms with E-state index < -0.39 is 34.5 Å². The Morgan fingerprint density at radius 1 is 1.33 bits per heavy atom. The first-order chi connectivity index (χ1) is 10.4. The van der Waals surface area contributed by atoms with E-state index in [0.717, 1.165) is 32.0 Å². The average molecular weight is 367 g/mol. The van der Waals surface area contributed by atoms with E-state index in [1.165, 1.54) is 0 Å². The molecule has 10 heteroatoms. The van der Waals surface area contributed by atoms with Crippen LogP contribution in [0.4, 0.5) is 18.9 Å². The first-order valence-corrected chi connectivity index (χ1v) is 6.35. The van der Waals surface area contributed by atoms with Crippen LogP contribution in [0.15, 0.2) is 18.2 Å². The molecule has 1 aromatic carbocycles. The van der Waals surface area contributed by atoms with Crippen molar-refractivity contribution in [3.05, 3.63) is 23.2 Å². The third-order valence-electron chi connectivity index (χ3n) is 2.78. The molecular weight excluding hydrogens is 353 g/mol. The molecule has 0 unspecified atom stereocenters. The molecule has 6 nitrogen and oxygen atoms in total. The third-order valence-corrected chi connectivity index (χ3v) is 3.08. The molecule has 0 fully saturated rings. The predicted octanol–water partition coefficient (Wildman–Crippen LogP) is 2.11. The molecule has 0 bridgehead atoms. The minimum absolute atomic E-state index is 0. The smallest absolute Gasteiger partial charge is 0.548 e. The van der Waals surface area contributed by atoms with E-state index in [2.05, 4.69) is 4.74 Å². The molecule has 0 aliphatic carbocycles. The van der Waals surface area contributed by atoms with E-state index in [4.69, 9.17) is 18.0 Å². The number of anilines is 1. The lowest BCUT2D eigenvalue weighted by Gasteiger charge is -2.38. The van der Waals surface area contributed by atoms with Gasteiger partial charge in [-0.05, 0) is 38.0 Å². The minimum Gasteiger partial charge on any atom is -0.548 e. The first kappa shape index (κ1) is 21.6. The Bertz CT molecular complexity index is 684. The van der Waals surface area contributed by atoms with Crippen molar-refractivity contribution >= 4 is 29.2 Å². The summed E-state index contributed by atoms with van der Waals surface area (Å²) in [4.78, 5) is 23.7. The number of ether oxygens (including phenoxy) is 1. The topological polar surface area (TPSA) is 106 Å². The van der Waals surface area contributed by atoms with Gasteiger partial charge in [0.2, 0.25) is 0 Å². The summed E-state index contributed by atoms with van der Waals surface area (Å²) in [6, 6.07) is 2.79. The SMILES string of the molecule is C#CC(=O)N(c1ccc(OC(F)(F)F)c(Cl)c1)C(C)(C)C(=O)[O-].[NH4+]. The van der Waals surface area contributed by atoms with Crippen LogP contribution in [0.1, 0.15) is 13.8 Å². The van der Waals surface area contributed by atoms with Gasteiger partial charge in [-0.25, -0.2) is 0 Å². The second-order valence-electron chi connectivity index (χ2n) is 4.79. The molecule has 0 radical (unpaired) electrons. The quantitative estimate of drug-likeness (QED) is 0.823. The number of alkyl halides is 3. The lowest BCUT2D eigenvalue weighted by atomic mass is 10.0. The number of hydrogen-bond donors (Lipinski definition) is 1. The number of nitrogens with zero attached hydrogens (tertiary/aromatic N) is 1. The van der Waals surface area contributed by atoms with Crippen LogP contribution >= 0.6 is 11.6 Å². The van der Waals surface area contributed by atoms with Crippen LogP contribution in [0, 0.1) is 12.3 Å². The first-order valence-electron chi connectivity index (χ1n) is 5.97. The summed E-state index contributed by atoms with van der Waals surface area (Å²) < 4.78 is 40.3. The number of quaternary nitrogens is 1. The highest BCUT2D eigenvalue weighted by molar-refractivity contribution is 6.32. The summed E-state index contributed by atoms with van der Waals surface area (Å²) in [5, 5.41) is 10.7. The minimum atomic E-state index is -4.95. The summed E-state index contributed by atoms with van der Waals surface area (Å²) in [5.74, 6) is -1.61. The Kier molecular flexibility index (Phi) is 6.67. The fourth-order valence-corrected chi connectivity index (χ4v) is 1.90. The zero-order valence-electron chi connectivity index (χ0n) is 12.9. The average Bonchev–Trinajstić information content (AvgIpc) is 2.40. The maximum Gasteiger partial charge on any atom is 0.573 e. The van der Waals surface area contributed by atoms with Gasteiger partial charge in [-0.1, -0.05) is 11.6 Å². The number of carboxylic acids is 1. The largest absolute Gasteiger partial charge is 0.573 e. The molecule has 1 aromatic rings. The lowest BCUT2D eigenvalue weighted by molar-refractivity contribution is -0.311. The van der Waals surface area contributed by atoms with Gasteiger partial charge in [-0.15, -0.1) is 19.6 Å². The molecule has 0 spiro atoms. The molecule has 0 aliphatic heterocycles. The molecule has 1 amide bonds. The normalized spacial score (nSPS) is 11.0. The Balaban J connectivity index is 0.00000529. The van der Waals surface area contributed by atoms with Gasteiger partial charge in [0.1, 0.15) is 5.75 Å². The molecule has 0 saturated carbocycles. The molecule has 24 heavy (non-hydrogen) atoms. The van der Waals surface area contributed by atoms with Crippen molar-refractivity contribution in [2.75, 3.05) is 4.90 Å². The number of halogens is 4. The van der Waals surface area contributed by atoms with E-state index in [0.29, 0.717) is 4.90 Å². The third kappa shape index (κ3) is 4.78. The number of terminal acetylenes is 1. The van der Waals surface area contributed by atoms with Crippen molar-refractivity contribution < 1.29 is 32.6 Å². The standard InChI is InChI=1S/C14H11ClF3NO4.H3N/c1-4-11(20)19(13(2,3)12(21)22)8-5-6-10(9(15)7-8)23-14(16,17)18;/h1,5-7H,2-3H3,(H,21,22);1H3. The van der Waals surface area contributed by atoms with E-state index in [-0.39, 0.29) is 11.8 Å². The van der Waals surface area contributed by atoms with Gasteiger partial charge in [-0.3, -0.25) is 9.69 Å². The number of carbonyl (C=O) groups excluding carboxylic acids is 2. The molecule has 0 saturated heterocycles. The maximum atomic E-state index is 12.2. The van der Waals surface area contributed by atoms with Gasteiger partial charge in [0.15, 0.2) is 0 Å². The predicted molar refractivity (Wildman–Crippen MR) is 79.5 cm³/mol. The van der Waals surface area contributed by atoms with Gasteiger partial charge in [0.25, 0.3) is 0 Å². The molecule has 1 rings (SSSR count). The number of benzene rings is 1. The van der Waals surface area contributed by atoms with Crippen LogP contribution in [-0.2, 0) is 9.59 Å². The molecule has 0 aliphatic rings. The fourth-order valence-electron chi connectivity index (χ4n) is 1.69. The number of carbonyl (C=O) groups is 2. The van der Waals surface area contributed by atoms with Gasteiger partial charge < -0.3 is 20.8 Å². The summed E-state index contributed by atoms with van der Waals surface area (Å²) in [6.07, 6.45) is 0.0427. The Morgan fingerprint density at radius 3 is 2.25 bits per heavy atom. The second kappa shape index (κ2) is 7.42. The van der Waals surface area contributed by atoms with Crippen molar-refractivity contribution in [2.24, 2.45) is 0 Å². The monoisotopic (exact) mass is 366 g/mol. The fraction of sp³-hybridized carbons (Fsp3) is 0.286. The van der Waals surface area contributed by atoms with Crippen molar-refractivity contribution in [1.29, 1.82) is 0 Å². The van der Waals surface area contributed by atoms with Gasteiger partial charge in [0.05, 0.1) is 16.5 Å². The number of rotatable bonds is 4. The van der Waals surface area contributed by atoms with Crippen LogP contribution < -0.4 is 20.9 Å².